The van der Waals surface area contributed by atoms with Gasteiger partial charge in [-0.2, -0.15) is 0 Å². The van der Waals surface area contributed by atoms with Crippen LogP contribution in [0, 0.1) is 0 Å². The molecule has 0 spiro atoms. The highest BCUT2D eigenvalue weighted by molar-refractivity contribution is 5.98. The third kappa shape index (κ3) is 5.85. The molecular formula is C24H24N2O4. The van der Waals surface area contributed by atoms with Gasteiger partial charge in [0, 0.05) is 0 Å². The van der Waals surface area contributed by atoms with Crippen molar-refractivity contribution in [3.63, 3.8) is 0 Å². The van der Waals surface area contributed by atoms with Crippen LogP contribution in [0.2, 0.25) is 0 Å². The molecule has 2 amide bonds. The Labute approximate surface area is 175 Å². The highest BCUT2D eigenvalue weighted by Crippen LogP contribution is 2.19. The molecule has 0 fully saturated rings. The van der Waals surface area contributed by atoms with E-state index in [0.717, 1.165) is 5.56 Å². The van der Waals surface area contributed by atoms with Crippen LogP contribution >= 0.6 is 0 Å². The van der Waals surface area contributed by atoms with Gasteiger partial charge in [0.05, 0.1) is 5.56 Å². The minimum Gasteiger partial charge on any atom is -0.488 e. The van der Waals surface area contributed by atoms with E-state index in [1.54, 1.807) is 36.4 Å². The predicted molar refractivity (Wildman–Crippen MR) is 114 cm³/mol. The van der Waals surface area contributed by atoms with Gasteiger partial charge in [-0.05, 0) is 36.2 Å². The topological polar surface area (TPSA) is 76.7 Å². The molecule has 6 nitrogen and oxygen atoms in total. The van der Waals surface area contributed by atoms with E-state index in [-0.39, 0.29) is 0 Å². The van der Waals surface area contributed by atoms with Crippen molar-refractivity contribution in [3.8, 4) is 11.5 Å². The lowest BCUT2D eigenvalue weighted by Gasteiger charge is -2.18. The Morgan fingerprint density at radius 1 is 0.833 bits per heavy atom. The smallest absolute Gasteiger partial charge is 0.279 e. The first-order valence-electron chi connectivity index (χ1n) is 9.75. The van der Waals surface area contributed by atoms with Crippen molar-refractivity contribution in [2.45, 2.75) is 26.1 Å². The second kappa shape index (κ2) is 10.7. The molecule has 0 aliphatic rings. The molecule has 0 saturated heterocycles. The molecular weight excluding hydrogens is 380 g/mol. The van der Waals surface area contributed by atoms with Crippen LogP contribution in [0.15, 0.2) is 84.9 Å². The molecule has 0 aromatic heterocycles. The van der Waals surface area contributed by atoms with E-state index in [1.165, 1.54) is 0 Å². The number of nitrogens with one attached hydrogen (secondary N) is 2. The van der Waals surface area contributed by atoms with Crippen LogP contribution in [0.1, 0.15) is 29.3 Å². The van der Waals surface area contributed by atoms with Crippen molar-refractivity contribution in [2.75, 3.05) is 0 Å². The summed E-state index contributed by atoms with van der Waals surface area (Å²) in [4.78, 5) is 25.0. The fraction of sp³-hybridized carbons (Fsp3) is 0.167. The summed E-state index contributed by atoms with van der Waals surface area (Å²) < 4.78 is 11.5. The summed E-state index contributed by atoms with van der Waals surface area (Å²) in [6.07, 6.45) is -0.273. The number of benzene rings is 3. The molecule has 0 bridgehead atoms. The van der Waals surface area contributed by atoms with E-state index < -0.39 is 17.9 Å². The van der Waals surface area contributed by atoms with Crippen LogP contribution in [-0.4, -0.2) is 17.9 Å². The summed E-state index contributed by atoms with van der Waals surface area (Å²) in [5.41, 5.74) is 6.19. The number of hydrogen-bond acceptors (Lipinski definition) is 4. The molecule has 3 rings (SSSR count). The molecule has 0 aliphatic carbocycles. The summed E-state index contributed by atoms with van der Waals surface area (Å²) >= 11 is 0. The second-order valence-electron chi connectivity index (χ2n) is 6.54. The maximum absolute atomic E-state index is 12.6. The molecule has 3 aromatic carbocycles. The first kappa shape index (κ1) is 20.9. The summed E-state index contributed by atoms with van der Waals surface area (Å²) in [5.74, 6) is 0.116. The molecule has 154 valence electrons. The van der Waals surface area contributed by atoms with Gasteiger partial charge in [0.25, 0.3) is 11.8 Å². The Balaban J connectivity index is 1.58. The van der Waals surface area contributed by atoms with Gasteiger partial charge in [-0.25, -0.2) is 0 Å². The molecule has 3 aromatic rings. The Morgan fingerprint density at radius 2 is 1.47 bits per heavy atom. The molecule has 2 N–H and O–H groups in total. The van der Waals surface area contributed by atoms with Crippen LogP contribution in [0.25, 0.3) is 0 Å². The normalized spacial score (nSPS) is 11.2. The Hall–Kier alpha value is -3.80. The largest absolute Gasteiger partial charge is 0.488 e. The van der Waals surface area contributed by atoms with Gasteiger partial charge in [0.1, 0.15) is 18.1 Å². The predicted octanol–water partition coefficient (Wildman–Crippen LogP) is 3.88. The van der Waals surface area contributed by atoms with Crippen LogP contribution in [0.5, 0.6) is 11.5 Å². The highest BCUT2D eigenvalue weighted by atomic mass is 16.5. The monoisotopic (exact) mass is 404 g/mol. The Morgan fingerprint density at radius 3 is 2.17 bits per heavy atom. The molecule has 1 atom stereocenters. The lowest BCUT2D eigenvalue weighted by molar-refractivity contribution is -0.128. The molecule has 0 unspecified atom stereocenters. The third-order valence-corrected chi connectivity index (χ3v) is 4.35. The van der Waals surface area contributed by atoms with Crippen molar-refractivity contribution < 1.29 is 19.1 Å². The quantitative estimate of drug-likeness (QED) is 0.559. The van der Waals surface area contributed by atoms with E-state index in [4.69, 9.17) is 9.47 Å². The van der Waals surface area contributed by atoms with Gasteiger partial charge < -0.3 is 9.47 Å². The van der Waals surface area contributed by atoms with E-state index >= 15 is 0 Å². The zero-order valence-electron chi connectivity index (χ0n) is 16.7. The average Bonchev–Trinajstić information content (AvgIpc) is 2.81. The minimum absolute atomic E-state index is 0.325. The molecule has 0 radical (unpaired) electrons. The van der Waals surface area contributed by atoms with E-state index in [9.17, 15) is 9.59 Å². The lowest BCUT2D eigenvalue weighted by atomic mass is 10.2. The van der Waals surface area contributed by atoms with Gasteiger partial charge in [-0.15, -0.1) is 0 Å². The standard InChI is InChI=1S/C24H24N2O4/c1-2-21(30-19-13-7-4-8-14-19)24(28)26-25-23(27)20-15-9-10-16-22(20)29-17-18-11-5-3-6-12-18/h3-16,21H,2,17H2,1H3,(H,25,27)(H,26,28)/t21-/m1/s1. The Bertz CT molecular complexity index is 961. The molecule has 0 heterocycles. The Kier molecular flexibility index (Phi) is 7.44. The van der Waals surface area contributed by atoms with Crippen LogP contribution in [0.3, 0.4) is 0 Å². The lowest BCUT2D eigenvalue weighted by Crippen LogP contribution is -2.48. The number of amides is 2. The fourth-order valence-electron chi connectivity index (χ4n) is 2.77. The van der Waals surface area contributed by atoms with E-state index in [0.29, 0.717) is 30.1 Å². The molecule has 6 heteroatoms. The van der Waals surface area contributed by atoms with Gasteiger partial charge in [0.15, 0.2) is 6.10 Å². The maximum atomic E-state index is 12.6. The van der Waals surface area contributed by atoms with Gasteiger partial charge in [-0.3, -0.25) is 20.4 Å². The molecule has 30 heavy (non-hydrogen) atoms. The summed E-state index contributed by atoms with van der Waals surface area (Å²) in [6.45, 7) is 2.17. The van der Waals surface area contributed by atoms with Gasteiger partial charge in [0.2, 0.25) is 0 Å². The number of carbonyl (C=O) groups excluding carboxylic acids is 2. The first-order valence-corrected chi connectivity index (χ1v) is 9.75. The molecule has 0 saturated carbocycles. The van der Waals surface area contributed by atoms with Crippen molar-refractivity contribution in [1.29, 1.82) is 0 Å². The number of para-hydroxylation sites is 2. The molecule has 0 aliphatic heterocycles. The van der Waals surface area contributed by atoms with Gasteiger partial charge >= 0.3 is 0 Å². The summed E-state index contributed by atoms with van der Waals surface area (Å²) in [7, 11) is 0. The van der Waals surface area contributed by atoms with Gasteiger partial charge in [-0.1, -0.05) is 67.6 Å². The summed E-state index contributed by atoms with van der Waals surface area (Å²) in [5, 5.41) is 0. The van der Waals surface area contributed by atoms with Crippen LogP contribution in [0.4, 0.5) is 0 Å². The first-order chi connectivity index (χ1) is 14.7. The van der Waals surface area contributed by atoms with Crippen molar-refractivity contribution in [2.24, 2.45) is 0 Å². The van der Waals surface area contributed by atoms with Crippen molar-refractivity contribution in [3.05, 3.63) is 96.1 Å². The number of carbonyl (C=O) groups is 2. The average molecular weight is 404 g/mol. The number of rotatable bonds is 8. The van der Waals surface area contributed by atoms with Crippen LogP contribution < -0.4 is 20.3 Å². The van der Waals surface area contributed by atoms with Crippen molar-refractivity contribution in [1.82, 2.24) is 10.9 Å². The number of hydrogen-bond donors (Lipinski definition) is 2. The zero-order chi connectivity index (χ0) is 21.2. The van der Waals surface area contributed by atoms with Crippen molar-refractivity contribution >= 4 is 11.8 Å². The van der Waals surface area contributed by atoms with Crippen LogP contribution in [-0.2, 0) is 11.4 Å². The van der Waals surface area contributed by atoms with E-state index in [2.05, 4.69) is 10.9 Å². The third-order valence-electron chi connectivity index (χ3n) is 4.35. The SMILES string of the molecule is CC[C@@H](Oc1ccccc1)C(=O)NNC(=O)c1ccccc1OCc1ccccc1. The highest BCUT2D eigenvalue weighted by Gasteiger charge is 2.20. The number of ether oxygens (including phenoxy) is 2. The fourth-order valence-corrected chi connectivity index (χ4v) is 2.77. The summed E-state index contributed by atoms with van der Waals surface area (Å²) in [6, 6.07) is 25.6. The minimum atomic E-state index is -0.725. The maximum Gasteiger partial charge on any atom is 0.279 e. The van der Waals surface area contributed by atoms with E-state index in [1.807, 2.05) is 55.5 Å². The number of hydrazine groups is 1. The second-order valence-corrected chi connectivity index (χ2v) is 6.54. The zero-order valence-corrected chi connectivity index (χ0v) is 16.7.